The van der Waals surface area contributed by atoms with Crippen molar-refractivity contribution in [2.75, 3.05) is 39.8 Å². The van der Waals surface area contributed by atoms with Gasteiger partial charge in [-0.1, -0.05) is 0 Å². The topological polar surface area (TPSA) is 32.5 Å². The first kappa shape index (κ1) is 11.0. The standard InChI is InChI=1S/C10H23N3/c1-10(9-12(2)8-5-11)13-6-3-4-7-13/h10H,3-9,11H2,1-2H3. The summed E-state index contributed by atoms with van der Waals surface area (Å²) in [7, 11) is 2.15. The quantitative estimate of drug-likeness (QED) is 0.671. The van der Waals surface area contributed by atoms with Crippen LogP contribution in [0, 0.1) is 0 Å². The van der Waals surface area contributed by atoms with Crippen molar-refractivity contribution >= 4 is 0 Å². The first-order valence-corrected chi connectivity index (χ1v) is 5.36. The van der Waals surface area contributed by atoms with Crippen molar-refractivity contribution in [3.63, 3.8) is 0 Å². The lowest BCUT2D eigenvalue weighted by Crippen LogP contribution is -2.40. The number of nitrogens with zero attached hydrogens (tertiary/aromatic N) is 2. The molecule has 1 saturated heterocycles. The van der Waals surface area contributed by atoms with Gasteiger partial charge in [-0.05, 0) is 39.9 Å². The number of nitrogens with two attached hydrogens (primary N) is 1. The zero-order valence-electron chi connectivity index (χ0n) is 9.00. The zero-order chi connectivity index (χ0) is 9.68. The molecule has 3 heteroatoms. The summed E-state index contributed by atoms with van der Waals surface area (Å²) in [5.74, 6) is 0. The molecule has 0 saturated carbocycles. The van der Waals surface area contributed by atoms with Crippen LogP contribution in [0.15, 0.2) is 0 Å². The number of rotatable bonds is 5. The lowest BCUT2D eigenvalue weighted by molar-refractivity contribution is 0.194. The van der Waals surface area contributed by atoms with Crippen LogP contribution in [0.3, 0.4) is 0 Å². The summed E-state index contributed by atoms with van der Waals surface area (Å²) < 4.78 is 0. The molecule has 0 spiro atoms. The van der Waals surface area contributed by atoms with E-state index < -0.39 is 0 Å². The molecule has 2 N–H and O–H groups in total. The van der Waals surface area contributed by atoms with Gasteiger partial charge >= 0.3 is 0 Å². The average molecular weight is 185 g/mol. The van der Waals surface area contributed by atoms with Crippen LogP contribution in [-0.4, -0.2) is 55.6 Å². The maximum atomic E-state index is 5.50. The summed E-state index contributed by atoms with van der Waals surface area (Å²) in [6.07, 6.45) is 2.76. The van der Waals surface area contributed by atoms with Gasteiger partial charge in [-0.3, -0.25) is 4.90 Å². The predicted molar refractivity (Wildman–Crippen MR) is 56.8 cm³/mol. The van der Waals surface area contributed by atoms with Gasteiger partial charge in [0.1, 0.15) is 0 Å². The van der Waals surface area contributed by atoms with Gasteiger partial charge in [-0.2, -0.15) is 0 Å². The smallest absolute Gasteiger partial charge is 0.0194 e. The van der Waals surface area contributed by atoms with Gasteiger partial charge in [-0.15, -0.1) is 0 Å². The number of likely N-dealkylation sites (N-methyl/N-ethyl adjacent to an activating group) is 1. The minimum absolute atomic E-state index is 0.694. The highest BCUT2D eigenvalue weighted by Crippen LogP contribution is 2.11. The maximum absolute atomic E-state index is 5.50. The fourth-order valence-corrected chi connectivity index (χ4v) is 2.06. The average Bonchev–Trinajstić information content (AvgIpc) is 2.55. The van der Waals surface area contributed by atoms with E-state index in [0.29, 0.717) is 6.04 Å². The van der Waals surface area contributed by atoms with Crippen molar-refractivity contribution in [3.8, 4) is 0 Å². The third-order valence-corrected chi connectivity index (χ3v) is 2.85. The third-order valence-electron chi connectivity index (χ3n) is 2.85. The van der Waals surface area contributed by atoms with Gasteiger partial charge in [0.05, 0.1) is 0 Å². The van der Waals surface area contributed by atoms with Crippen LogP contribution in [0.5, 0.6) is 0 Å². The van der Waals surface area contributed by atoms with E-state index in [1.807, 2.05) is 0 Å². The Kier molecular flexibility index (Phi) is 4.70. The highest BCUT2D eigenvalue weighted by Gasteiger charge is 2.18. The normalized spacial score (nSPS) is 21.2. The van der Waals surface area contributed by atoms with Crippen LogP contribution in [-0.2, 0) is 0 Å². The second-order valence-corrected chi connectivity index (χ2v) is 4.14. The summed E-state index contributed by atoms with van der Waals surface area (Å²) in [6, 6.07) is 0.694. The second kappa shape index (κ2) is 5.58. The van der Waals surface area contributed by atoms with E-state index in [2.05, 4.69) is 23.8 Å². The molecule has 1 fully saturated rings. The highest BCUT2D eigenvalue weighted by molar-refractivity contribution is 4.75. The van der Waals surface area contributed by atoms with Crippen molar-refractivity contribution in [1.29, 1.82) is 0 Å². The molecule has 1 atom stereocenters. The van der Waals surface area contributed by atoms with Gasteiger partial charge in [0, 0.05) is 25.7 Å². The number of hydrogen-bond acceptors (Lipinski definition) is 3. The van der Waals surface area contributed by atoms with Gasteiger partial charge < -0.3 is 10.6 Å². The lowest BCUT2D eigenvalue weighted by Gasteiger charge is -2.28. The van der Waals surface area contributed by atoms with Crippen LogP contribution < -0.4 is 5.73 Å². The molecule has 0 aromatic rings. The van der Waals surface area contributed by atoms with Crippen molar-refractivity contribution in [1.82, 2.24) is 9.80 Å². The molecule has 0 radical (unpaired) electrons. The molecule has 0 bridgehead atoms. The van der Waals surface area contributed by atoms with Gasteiger partial charge in [-0.25, -0.2) is 0 Å². The first-order valence-electron chi connectivity index (χ1n) is 5.36. The fourth-order valence-electron chi connectivity index (χ4n) is 2.06. The Morgan fingerprint density at radius 3 is 2.54 bits per heavy atom. The van der Waals surface area contributed by atoms with E-state index in [1.165, 1.54) is 25.9 Å². The van der Waals surface area contributed by atoms with Gasteiger partial charge in [0.25, 0.3) is 0 Å². The Labute approximate surface area is 81.9 Å². The molecule has 1 aliphatic rings. The molecule has 1 heterocycles. The molecular weight excluding hydrogens is 162 g/mol. The SMILES string of the molecule is CC(CN(C)CCN)N1CCCC1. The van der Waals surface area contributed by atoms with E-state index in [1.54, 1.807) is 0 Å². The summed E-state index contributed by atoms with van der Waals surface area (Å²) in [4.78, 5) is 4.90. The molecule has 0 aromatic carbocycles. The summed E-state index contributed by atoms with van der Waals surface area (Å²) in [5.41, 5.74) is 5.50. The Morgan fingerprint density at radius 1 is 1.38 bits per heavy atom. The molecule has 0 aromatic heterocycles. The van der Waals surface area contributed by atoms with E-state index in [-0.39, 0.29) is 0 Å². The Morgan fingerprint density at radius 2 is 2.00 bits per heavy atom. The van der Waals surface area contributed by atoms with Crippen molar-refractivity contribution in [2.45, 2.75) is 25.8 Å². The lowest BCUT2D eigenvalue weighted by atomic mass is 10.3. The van der Waals surface area contributed by atoms with E-state index in [4.69, 9.17) is 5.73 Å². The largest absolute Gasteiger partial charge is 0.329 e. The van der Waals surface area contributed by atoms with Gasteiger partial charge in [0.15, 0.2) is 0 Å². The molecule has 1 aliphatic heterocycles. The number of hydrogen-bond donors (Lipinski definition) is 1. The van der Waals surface area contributed by atoms with E-state index in [0.717, 1.165) is 19.6 Å². The minimum atomic E-state index is 0.694. The minimum Gasteiger partial charge on any atom is -0.329 e. The summed E-state index contributed by atoms with van der Waals surface area (Å²) in [5, 5.41) is 0. The highest BCUT2D eigenvalue weighted by atomic mass is 15.2. The molecule has 0 amide bonds. The second-order valence-electron chi connectivity index (χ2n) is 4.14. The summed E-state index contributed by atoms with van der Waals surface area (Å²) >= 11 is 0. The van der Waals surface area contributed by atoms with E-state index >= 15 is 0 Å². The van der Waals surface area contributed by atoms with Crippen LogP contribution in [0.25, 0.3) is 0 Å². The van der Waals surface area contributed by atoms with Crippen molar-refractivity contribution in [3.05, 3.63) is 0 Å². The Bertz CT molecular complexity index is 132. The monoisotopic (exact) mass is 185 g/mol. The van der Waals surface area contributed by atoms with Crippen molar-refractivity contribution < 1.29 is 0 Å². The van der Waals surface area contributed by atoms with Crippen LogP contribution >= 0.6 is 0 Å². The molecule has 1 unspecified atom stereocenters. The first-order chi connectivity index (χ1) is 6.24. The van der Waals surface area contributed by atoms with Crippen LogP contribution in [0.1, 0.15) is 19.8 Å². The van der Waals surface area contributed by atoms with Crippen molar-refractivity contribution in [2.24, 2.45) is 5.73 Å². The Hall–Kier alpha value is -0.120. The molecule has 13 heavy (non-hydrogen) atoms. The van der Waals surface area contributed by atoms with Crippen LogP contribution in [0.2, 0.25) is 0 Å². The Balaban J connectivity index is 2.18. The molecular formula is C10H23N3. The number of likely N-dealkylation sites (tertiary alicyclic amines) is 1. The molecule has 78 valence electrons. The molecule has 1 rings (SSSR count). The maximum Gasteiger partial charge on any atom is 0.0194 e. The fraction of sp³-hybridized carbons (Fsp3) is 1.00. The molecule has 3 nitrogen and oxygen atoms in total. The van der Waals surface area contributed by atoms with E-state index in [9.17, 15) is 0 Å². The van der Waals surface area contributed by atoms with Gasteiger partial charge in [0.2, 0.25) is 0 Å². The predicted octanol–water partition coefficient (Wildman–Crippen LogP) is 0.361. The third kappa shape index (κ3) is 3.63. The van der Waals surface area contributed by atoms with Crippen LogP contribution in [0.4, 0.5) is 0 Å². The summed E-state index contributed by atoms with van der Waals surface area (Å²) in [6.45, 7) is 7.83. The molecule has 0 aliphatic carbocycles. The zero-order valence-corrected chi connectivity index (χ0v) is 9.00.